The highest BCUT2D eigenvalue weighted by Gasteiger charge is 2.29. The summed E-state index contributed by atoms with van der Waals surface area (Å²) >= 11 is 0. The van der Waals surface area contributed by atoms with Gasteiger partial charge in [0.25, 0.3) is 5.91 Å². The summed E-state index contributed by atoms with van der Waals surface area (Å²) in [6, 6.07) is 7.43. The van der Waals surface area contributed by atoms with Crippen molar-refractivity contribution in [2.75, 3.05) is 32.8 Å². The number of benzene rings is 1. The van der Waals surface area contributed by atoms with Crippen molar-refractivity contribution < 1.29 is 14.3 Å². The molecular formula is C22H32N2O3. The zero-order valence-electron chi connectivity index (χ0n) is 16.5. The van der Waals surface area contributed by atoms with Crippen molar-refractivity contribution in [3.05, 3.63) is 29.8 Å². The third-order valence-corrected chi connectivity index (χ3v) is 5.67. The molecule has 1 aliphatic carbocycles. The lowest BCUT2D eigenvalue weighted by Gasteiger charge is -2.24. The molecule has 0 spiro atoms. The lowest BCUT2D eigenvalue weighted by atomic mass is 10.1. The molecular weight excluding hydrogens is 340 g/mol. The fourth-order valence-electron chi connectivity index (χ4n) is 3.98. The molecule has 3 rings (SSSR count). The summed E-state index contributed by atoms with van der Waals surface area (Å²) in [5, 5.41) is 0. The third kappa shape index (κ3) is 5.24. The molecule has 1 saturated carbocycles. The summed E-state index contributed by atoms with van der Waals surface area (Å²) in [7, 11) is 0. The Morgan fingerprint density at radius 3 is 2.33 bits per heavy atom. The summed E-state index contributed by atoms with van der Waals surface area (Å²) in [6.45, 7) is 5.59. The van der Waals surface area contributed by atoms with E-state index in [1.165, 1.54) is 12.8 Å². The smallest absolute Gasteiger partial charge is 0.253 e. The average Bonchev–Trinajstić information content (AvgIpc) is 3.12. The second-order valence-corrected chi connectivity index (χ2v) is 7.68. The molecule has 0 bridgehead atoms. The normalized spacial score (nSPS) is 18.4. The number of unbranched alkanes of at least 4 members (excludes halogenated alkanes) is 1. The van der Waals surface area contributed by atoms with Gasteiger partial charge >= 0.3 is 0 Å². The van der Waals surface area contributed by atoms with E-state index in [1.807, 2.05) is 34.1 Å². The van der Waals surface area contributed by atoms with Crippen LogP contribution < -0.4 is 4.74 Å². The third-order valence-electron chi connectivity index (χ3n) is 5.67. The van der Waals surface area contributed by atoms with Crippen molar-refractivity contribution in [3.63, 3.8) is 0 Å². The molecule has 0 radical (unpaired) electrons. The first kappa shape index (κ1) is 19.7. The standard InChI is InChI=1S/C22H32N2O3/c1-2-3-17-27-20-11-9-19(10-12-20)22(26)24-14-6-13-23(15-16-24)21(25)18-7-4-5-8-18/h9-12,18H,2-8,13-17H2,1H3. The van der Waals surface area contributed by atoms with E-state index in [-0.39, 0.29) is 11.8 Å². The molecule has 27 heavy (non-hydrogen) atoms. The van der Waals surface area contributed by atoms with Crippen molar-refractivity contribution in [1.82, 2.24) is 9.80 Å². The zero-order chi connectivity index (χ0) is 19.1. The van der Waals surface area contributed by atoms with Gasteiger partial charge in [-0.05, 0) is 49.9 Å². The largest absolute Gasteiger partial charge is 0.494 e. The Hall–Kier alpha value is -2.04. The Balaban J connectivity index is 1.53. The van der Waals surface area contributed by atoms with Crippen LogP contribution in [-0.4, -0.2) is 54.4 Å². The van der Waals surface area contributed by atoms with Gasteiger partial charge in [0.05, 0.1) is 6.61 Å². The molecule has 5 nitrogen and oxygen atoms in total. The summed E-state index contributed by atoms with van der Waals surface area (Å²) in [6.07, 6.45) is 7.40. The Bertz CT molecular complexity index is 623. The van der Waals surface area contributed by atoms with Crippen LogP contribution >= 0.6 is 0 Å². The minimum atomic E-state index is 0.0465. The van der Waals surface area contributed by atoms with E-state index in [1.54, 1.807) is 0 Å². The highest BCUT2D eigenvalue weighted by atomic mass is 16.5. The van der Waals surface area contributed by atoms with Crippen LogP contribution in [0.15, 0.2) is 24.3 Å². The molecule has 148 valence electrons. The van der Waals surface area contributed by atoms with Gasteiger partial charge in [-0.3, -0.25) is 9.59 Å². The molecule has 0 atom stereocenters. The van der Waals surface area contributed by atoms with Gasteiger partial charge in [0, 0.05) is 37.7 Å². The fraction of sp³-hybridized carbons (Fsp3) is 0.636. The zero-order valence-corrected chi connectivity index (χ0v) is 16.5. The number of ether oxygens (including phenoxy) is 1. The molecule has 0 N–H and O–H groups in total. The van der Waals surface area contributed by atoms with Crippen molar-refractivity contribution >= 4 is 11.8 Å². The maximum atomic E-state index is 12.8. The van der Waals surface area contributed by atoms with Gasteiger partial charge in [-0.1, -0.05) is 26.2 Å². The molecule has 2 amide bonds. The second kappa shape index (κ2) is 9.77. The van der Waals surface area contributed by atoms with Crippen LogP contribution in [0, 0.1) is 5.92 Å². The van der Waals surface area contributed by atoms with Crippen LogP contribution in [0.5, 0.6) is 5.75 Å². The van der Waals surface area contributed by atoms with E-state index in [2.05, 4.69) is 6.92 Å². The average molecular weight is 373 g/mol. The number of rotatable bonds is 6. The van der Waals surface area contributed by atoms with Crippen LogP contribution in [0.4, 0.5) is 0 Å². The minimum absolute atomic E-state index is 0.0465. The van der Waals surface area contributed by atoms with Crippen LogP contribution in [0.25, 0.3) is 0 Å². The summed E-state index contributed by atoms with van der Waals surface area (Å²) < 4.78 is 5.67. The van der Waals surface area contributed by atoms with Crippen molar-refractivity contribution in [2.45, 2.75) is 51.9 Å². The fourth-order valence-corrected chi connectivity index (χ4v) is 3.98. The lowest BCUT2D eigenvalue weighted by molar-refractivity contribution is -0.135. The van der Waals surface area contributed by atoms with Gasteiger partial charge in [-0.2, -0.15) is 0 Å². The molecule has 0 unspecified atom stereocenters. The minimum Gasteiger partial charge on any atom is -0.494 e. The first-order valence-corrected chi connectivity index (χ1v) is 10.5. The SMILES string of the molecule is CCCCOc1ccc(C(=O)N2CCCN(C(=O)C3CCCC3)CC2)cc1. The Morgan fingerprint density at radius 1 is 0.963 bits per heavy atom. The van der Waals surface area contributed by atoms with Gasteiger partial charge < -0.3 is 14.5 Å². The summed E-state index contributed by atoms with van der Waals surface area (Å²) in [5.41, 5.74) is 0.688. The maximum absolute atomic E-state index is 12.8. The monoisotopic (exact) mass is 372 g/mol. The Labute approximate surface area is 162 Å². The summed E-state index contributed by atoms with van der Waals surface area (Å²) in [4.78, 5) is 29.4. The van der Waals surface area contributed by atoms with E-state index in [0.29, 0.717) is 37.7 Å². The number of nitrogens with zero attached hydrogens (tertiary/aromatic N) is 2. The number of carbonyl (C=O) groups excluding carboxylic acids is 2. The molecule has 2 fully saturated rings. The van der Waals surface area contributed by atoms with Gasteiger partial charge in [0.2, 0.25) is 5.91 Å². The quantitative estimate of drug-likeness (QED) is 0.715. The van der Waals surface area contributed by atoms with Gasteiger partial charge in [-0.25, -0.2) is 0 Å². The van der Waals surface area contributed by atoms with E-state index in [4.69, 9.17) is 4.74 Å². The van der Waals surface area contributed by atoms with E-state index >= 15 is 0 Å². The molecule has 5 heteroatoms. The van der Waals surface area contributed by atoms with E-state index in [9.17, 15) is 9.59 Å². The topological polar surface area (TPSA) is 49.9 Å². The van der Waals surface area contributed by atoms with E-state index in [0.717, 1.165) is 44.4 Å². The van der Waals surface area contributed by atoms with Crippen molar-refractivity contribution in [1.29, 1.82) is 0 Å². The first-order chi connectivity index (χ1) is 13.2. The van der Waals surface area contributed by atoms with Crippen LogP contribution in [0.2, 0.25) is 0 Å². The van der Waals surface area contributed by atoms with Crippen LogP contribution in [0.1, 0.15) is 62.2 Å². The van der Waals surface area contributed by atoms with E-state index < -0.39 is 0 Å². The predicted molar refractivity (Wildman–Crippen MR) is 106 cm³/mol. The first-order valence-electron chi connectivity index (χ1n) is 10.5. The molecule has 2 aliphatic rings. The van der Waals surface area contributed by atoms with Crippen LogP contribution in [0.3, 0.4) is 0 Å². The second-order valence-electron chi connectivity index (χ2n) is 7.68. The number of carbonyl (C=O) groups is 2. The summed E-state index contributed by atoms with van der Waals surface area (Å²) in [5.74, 6) is 1.37. The Morgan fingerprint density at radius 2 is 1.63 bits per heavy atom. The Kier molecular flexibility index (Phi) is 7.13. The molecule has 1 saturated heterocycles. The molecule has 1 heterocycles. The number of hydrogen-bond donors (Lipinski definition) is 0. The molecule has 1 aromatic rings. The van der Waals surface area contributed by atoms with Crippen molar-refractivity contribution in [3.8, 4) is 5.75 Å². The predicted octanol–water partition coefficient (Wildman–Crippen LogP) is 3.73. The maximum Gasteiger partial charge on any atom is 0.253 e. The number of hydrogen-bond acceptors (Lipinski definition) is 3. The molecule has 0 aromatic heterocycles. The highest BCUT2D eigenvalue weighted by molar-refractivity contribution is 5.94. The number of amides is 2. The van der Waals surface area contributed by atoms with Crippen LogP contribution in [-0.2, 0) is 4.79 Å². The van der Waals surface area contributed by atoms with Gasteiger partial charge in [-0.15, -0.1) is 0 Å². The highest BCUT2D eigenvalue weighted by Crippen LogP contribution is 2.27. The van der Waals surface area contributed by atoms with Gasteiger partial charge in [0.1, 0.15) is 5.75 Å². The van der Waals surface area contributed by atoms with Crippen molar-refractivity contribution in [2.24, 2.45) is 5.92 Å². The molecule has 1 aliphatic heterocycles. The molecule has 1 aromatic carbocycles. The lowest BCUT2D eigenvalue weighted by Crippen LogP contribution is -2.39. The van der Waals surface area contributed by atoms with Gasteiger partial charge in [0.15, 0.2) is 0 Å².